The molecule has 1 fully saturated rings. The van der Waals surface area contributed by atoms with Gasteiger partial charge >= 0.3 is 5.97 Å². The molecule has 1 saturated heterocycles. The molecule has 1 unspecified atom stereocenters. The van der Waals surface area contributed by atoms with Crippen LogP contribution in [0.1, 0.15) is 5.56 Å². The van der Waals surface area contributed by atoms with Gasteiger partial charge in [-0.25, -0.2) is 0 Å². The molecule has 2 heterocycles. The van der Waals surface area contributed by atoms with Crippen molar-refractivity contribution in [1.29, 1.82) is 0 Å². The summed E-state index contributed by atoms with van der Waals surface area (Å²) in [4.78, 5) is 12.9. The van der Waals surface area contributed by atoms with Gasteiger partial charge in [-0.2, -0.15) is 0 Å². The summed E-state index contributed by atoms with van der Waals surface area (Å²) in [6.45, 7) is 2.73. The van der Waals surface area contributed by atoms with Crippen LogP contribution in [0.4, 0.5) is 0 Å². The SMILES string of the molecule is O=C(O)C1CNCCN1Cc1ccoc1. The lowest BCUT2D eigenvalue weighted by atomic mass is 10.1. The first-order valence-electron chi connectivity index (χ1n) is 4.96. The second kappa shape index (κ2) is 4.46. The van der Waals surface area contributed by atoms with E-state index in [1.807, 2.05) is 11.0 Å². The van der Waals surface area contributed by atoms with E-state index in [1.54, 1.807) is 12.5 Å². The Morgan fingerprint density at radius 1 is 1.73 bits per heavy atom. The Hall–Kier alpha value is -1.33. The number of carboxylic acid groups (broad SMARTS) is 1. The molecule has 0 radical (unpaired) electrons. The standard InChI is InChI=1S/C10H14N2O3/c13-10(14)9-5-11-2-3-12(9)6-8-1-4-15-7-8/h1,4,7,9,11H,2-3,5-6H2,(H,13,14). The molecule has 0 spiro atoms. The minimum absolute atomic E-state index is 0.436. The Morgan fingerprint density at radius 3 is 3.27 bits per heavy atom. The van der Waals surface area contributed by atoms with Gasteiger partial charge in [-0.3, -0.25) is 9.69 Å². The zero-order valence-corrected chi connectivity index (χ0v) is 8.35. The van der Waals surface area contributed by atoms with Crippen LogP contribution in [0.3, 0.4) is 0 Å². The number of furan rings is 1. The number of carbonyl (C=O) groups is 1. The van der Waals surface area contributed by atoms with Crippen LogP contribution in [0.5, 0.6) is 0 Å². The summed E-state index contributed by atoms with van der Waals surface area (Å²) in [5.74, 6) is -0.773. The molecule has 1 atom stereocenters. The first kappa shape index (κ1) is 10.2. The first-order valence-corrected chi connectivity index (χ1v) is 4.96. The summed E-state index contributed by atoms with van der Waals surface area (Å²) in [7, 11) is 0. The number of nitrogens with one attached hydrogen (secondary N) is 1. The van der Waals surface area contributed by atoms with E-state index in [-0.39, 0.29) is 0 Å². The molecule has 1 aliphatic rings. The summed E-state index contributed by atoms with van der Waals surface area (Å²) >= 11 is 0. The van der Waals surface area contributed by atoms with E-state index in [4.69, 9.17) is 9.52 Å². The molecule has 1 aliphatic heterocycles. The van der Waals surface area contributed by atoms with Gasteiger partial charge in [0.2, 0.25) is 0 Å². The van der Waals surface area contributed by atoms with Gasteiger partial charge in [-0.1, -0.05) is 0 Å². The van der Waals surface area contributed by atoms with E-state index in [0.717, 1.165) is 18.7 Å². The summed E-state index contributed by atoms with van der Waals surface area (Å²) < 4.78 is 4.96. The molecule has 2 N–H and O–H groups in total. The highest BCUT2D eigenvalue weighted by Crippen LogP contribution is 2.10. The number of nitrogens with zero attached hydrogens (tertiary/aromatic N) is 1. The van der Waals surface area contributed by atoms with Crippen molar-refractivity contribution in [1.82, 2.24) is 10.2 Å². The average Bonchev–Trinajstić information content (AvgIpc) is 2.71. The molecular weight excluding hydrogens is 196 g/mol. The van der Waals surface area contributed by atoms with Crippen molar-refractivity contribution < 1.29 is 14.3 Å². The topological polar surface area (TPSA) is 65.7 Å². The smallest absolute Gasteiger partial charge is 0.322 e. The van der Waals surface area contributed by atoms with E-state index >= 15 is 0 Å². The van der Waals surface area contributed by atoms with Gasteiger partial charge in [0.1, 0.15) is 6.04 Å². The second-order valence-electron chi connectivity index (χ2n) is 3.66. The minimum atomic E-state index is -0.773. The zero-order chi connectivity index (χ0) is 10.7. The van der Waals surface area contributed by atoms with Gasteiger partial charge in [-0.15, -0.1) is 0 Å². The first-order chi connectivity index (χ1) is 7.27. The molecule has 1 aromatic rings. The fraction of sp³-hybridized carbons (Fsp3) is 0.500. The molecule has 0 saturated carbocycles. The van der Waals surface area contributed by atoms with Crippen LogP contribution < -0.4 is 5.32 Å². The predicted octanol–water partition coefficient (Wildman–Crippen LogP) is 0.138. The number of hydrogen-bond donors (Lipinski definition) is 2. The van der Waals surface area contributed by atoms with E-state index < -0.39 is 12.0 Å². The fourth-order valence-electron chi connectivity index (χ4n) is 1.80. The highest BCUT2D eigenvalue weighted by molar-refractivity contribution is 5.73. The Morgan fingerprint density at radius 2 is 2.60 bits per heavy atom. The van der Waals surface area contributed by atoms with Crippen molar-refractivity contribution in [2.45, 2.75) is 12.6 Å². The van der Waals surface area contributed by atoms with E-state index in [0.29, 0.717) is 13.1 Å². The summed E-state index contributed by atoms with van der Waals surface area (Å²) in [5.41, 5.74) is 1.02. The van der Waals surface area contributed by atoms with Crippen LogP contribution in [0.15, 0.2) is 23.0 Å². The van der Waals surface area contributed by atoms with Gasteiger partial charge in [0.25, 0.3) is 0 Å². The second-order valence-corrected chi connectivity index (χ2v) is 3.66. The van der Waals surface area contributed by atoms with Crippen LogP contribution in [-0.2, 0) is 11.3 Å². The number of aliphatic carboxylic acids is 1. The van der Waals surface area contributed by atoms with E-state index in [2.05, 4.69) is 5.32 Å². The number of carboxylic acids is 1. The molecule has 5 nitrogen and oxygen atoms in total. The van der Waals surface area contributed by atoms with Gasteiger partial charge in [0.05, 0.1) is 12.5 Å². The maximum Gasteiger partial charge on any atom is 0.322 e. The predicted molar refractivity (Wildman–Crippen MR) is 53.4 cm³/mol. The molecular formula is C10H14N2O3. The maximum absolute atomic E-state index is 11.0. The minimum Gasteiger partial charge on any atom is -0.480 e. The monoisotopic (exact) mass is 210 g/mol. The molecule has 0 aliphatic carbocycles. The van der Waals surface area contributed by atoms with E-state index in [9.17, 15) is 4.79 Å². The van der Waals surface area contributed by atoms with Crippen molar-refractivity contribution in [2.75, 3.05) is 19.6 Å². The molecule has 2 rings (SSSR count). The quantitative estimate of drug-likeness (QED) is 0.742. The largest absolute Gasteiger partial charge is 0.480 e. The van der Waals surface area contributed by atoms with Gasteiger partial charge in [-0.05, 0) is 6.07 Å². The zero-order valence-electron chi connectivity index (χ0n) is 8.35. The van der Waals surface area contributed by atoms with Crippen LogP contribution in [-0.4, -0.2) is 41.7 Å². The fourth-order valence-corrected chi connectivity index (χ4v) is 1.80. The van der Waals surface area contributed by atoms with Crippen LogP contribution in [0.2, 0.25) is 0 Å². The Bertz CT molecular complexity index is 323. The molecule has 0 bridgehead atoms. The third kappa shape index (κ3) is 2.37. The highest BCUT2D eigenvalue weighted by Gasteiger charge is 2.28. The Kier molecular flexibility index (Phi) is 3.03. The molecule has 0 aromatic carbocycles. The Balaban J connectivity index is 2.02. The number of piperazine rings is 1. The third-order valence-electron chi connectivity index (χ3n) is 2.61. The average molecular weight is 210 g/mol. The van der Waals surface area contributed by atoms with Crippen LogP contribution in [0, 0.1) is 0 Å². The van der Waals surface area contributed by atoms with Gasteiger partial charge in [0.15, 0.2) is 0 Å². The van der Waals surface area contributed by atoms with Crippen LogP contribution in [0.25, 0.3) is 0 Å². The summed E-state index contributed by atoms with van der Waals surface area (Å²) in [6, 6.07) is 1.43. The number of hydrogen-bond acceptors (Lipinski definition) is 4. The summed E-state index contributed by atoms with van der Waals surface area (Å²) in [5, 5.41) is 12.1. The third-order valence-corrected chi connectivity index (χ3v) is 2.61. The lowest BCUT2D eigenvalue weighted by Crippen LogP contribution is -2.54. The van der Waals surface area contributed by atoms with Crippen molar-refractivity contribution >= 4 is 5.97 Å². The van der Waals surface area contributed by atoms with E-state index in [1.165, 1.54) is 0 Å². The summed E-state index contributed by atoms with van der Waals surface area (Å²) in [6.07, 6.45) is 3.26. The van der Waals surface area contributed by atoms with Crippen molar-refractivity contribution in [3.63, 3.8) is 0 Å². The maximum atomic E-state index is 11.0. The number of rotatable bonds is 3. The molecule has 5 heteroatoms. The van der Waals surface area contributed by atoms with Gasteiger partial charge in [0, 0.05) is 31.7 Å². The van der Waals surface area contributed by atoms with Crippen LogP contribution >= 0.6 is 0 Å². The van der Waals surface area contributed by atoms with Gasteiger partial charge < -0.3 is 14.8 Å². The normalized spacial score (nSPS) is 22.8. The lowest BCUT2D eigenvalue weighted by Gasteiger charge is -2.32. The van der Waals surface area contributed by atoms with Crippen molar-refractivity contribution in [2.24, 2.45) is 0 Å². The molecule has 82 valence electrons. The Labute approximate surface area is 87.7 Å². The van der Waals surface area contributed by atoms with Crippen molar-refractivity contribution in [3.8, 4) is 0 Å². The highest BCUT2D eigenvalue weighted by atomic mass is 16.4. The lowest BCUT2D eigenvalue weighted by molar-refractivity contribution is -0.144. The molecule has 0 amide bonds. The van der Waals surface area contributed by atoms with Crippen molar-refractivity contribution in [3.05, 3.63) is 24.2 Å². The molecule has 1 aromatic heterocycles. The molecule has 15 heavy (non-hydrogen) atoms.